The molecule has 3 heterocycles. The van der Waals surface area contributed by atoms with E-state index in [4.69, 9.17) is 4.74 Å². The molecule has 6 nitrogen and oxygen atoms in total. The predicted molar refractivity (Wildman–Crippen MR) is 151 cm³/mol. The van der Waals surface area contributed by atoms with Gasteiger partial charge in [0.05, 0.1) is 19.6 Å². The predicted octanol–water partition coefficient (Wildman–Crippen LogP) is 4.51. The van der Waals surface area contributed by atoms with Gasteiger partial charge >= 0.3 is 5.97 Å². The van der Waals surface area contributed by atoms with Crippen LogP contribution in [0.1, 0.15) is 51.9 Å². The van der Waals surface area contributed by atoms with E-state index in [-0.39, 0.29) is 12.0 Å². The van der Waals surface area contributed by atoms with E-state index in [9.17, 15) is 14.7 Å². The van der Waals surface area contributed by atoms with Crippen LogP contribution in [0.2, 0.25) is 0 Å². The molecule has 39 heavy (non-hydrogen) atoms. The van der Waals surface area contributed by atoms with Gasteiger partial charge in [-0.3, -0.25) is 4.79 Å². The molecule has 1 atom stereocenters. The second kappa shape index (κ2) is 11.3. The van der Waals surface area contributed by atoms with Gasteiger partial charge in [-0.1, -0.05) is 77.9 Å². The number of aryl methyl sites for hydroxylation is 2. The summed E-state index contributed by atoms with van der Waals surface area (Å²) in [5.41, 5.74) is 2.02. The number of nitrogens with zero attached hydrogens (tertiary/aromatic N) is 1. The number of hydrogen-bond donors (Lipinski definition) is 2. The number of amides is 1. The van der Waals surface area contributed by atoms with Crippen LogP contribution in [0.15, 0.2) is 78.9 Å². The Kier molecular flexibility index (Phi) is 7.87. The lowest BCUT2D eigenvalue weighted by Gasteiger charge is -2.52. The maximum absolute atomic E-state index is 13.7. The fraction of sp³-hybridized carbons (Fsp3) is 0.394. The molecule has 0 spiro atoms. The van der Waals surface area contributed by atoms with Gasteiger partial charge < -0.3 is 19.6 Å². The lowest BCUT2D eigenvalue weighted by molar-refractivity contribution is -0.946. The maximum Gasteiger partial charge on any atom is 0.348 e. The number of esters is 1. The number of aliphatic hydroxyl groups is 1. The third-order valence-electron chi connectivity index (χ3n) is 8.56. The van der Waals surface area contributed by atoms with E-state index >= 15 is 0 Å². The van der Waals surface area contributed by atoms with Crippen molar-refractivity contribution in [3.63, 3.8) is 0 Å². The highest BCUT2D eigenvalue weighted by Gasteiger charge is 2.50. The number of hydrogen-bond acceptors (Lipinski definition) is 4. The summed E-state index contributed by atoms with van der Waals surface area (Å²) < 4.78 is 7.07. The van der Waals surface area contributed by atoms with Crippen LogP contribution in [0, 0.1) is 19.8 Å². The number of carbonyl (C=O) groups excluding carboxylic acids is 2. The van der Waals surface area contributed by atoms with Gasteiger partial charge in [0.1, 0.15) is 6.54 Å². The Morgan fingerprint density at radius 1 is 0.923 bits per heavy atom. The minimum absolute atomic E-state index is 0.0351. The first kappa shape index (κ1) is 27.1. The number of rotatable bonds is 9. The van der Waals surface area contributed by atoms with E-state index in [1.54, 1.807) is 24.3 Å². The molecule has 3 aliphatic rings. The number of fused-ring (bicyclic) bond motifs is 3. The molecule has 0 radical (unpaired) electrons. The summed E-state index contributed by atoms with van der Waals surface area (Å²) in [4.78, 5) is 26.4. The van der Waals surface area contributed by atoms with Crippen LogP contribution in [-0.2, 0) is 15.1 Å². The quantitative estimate of drug-likeness (QED) is 0.244. The first-order chi connectivity index (χ1) is 18.8. The molecule has 3 aromatic carbocycles. The zero-order valence-corrected chi connectivity index (χ0v) is 22.9. The molecule has 1 amide bonds. The number of quaternary nitrogens is 1. The van der Waals surface area contributed by atoms with Gasteiger partial charge in [0.2, 0.25) is 5.60 Å². The largest absolute Gasteiger partial charge is 0.453 e. The fourth-order valence-corrected chi connectivity index (χ4v) is 6.48. The highest BCUT2D eigenvalue weighted by atomic mass is 16.6. The van der Waals surface area contributed by atoms with Gasteiger partial charge in [-0.25, -0.2) is 4.79 Å². The Morgan fingerprint density at radius 3 is 2.05 bits per heavy atom. The highest BCUT2D eigenvalue weighted by Crippen LogP contribution is 2.38. The molecule has 3 aliphatic heterocycles. The molecule has 2 N–H and O–H groups in total. The normalized spacial score (nSPS) is 22.3. The van der Waals surface area contributed by atoms with E-state index < -0.39 is 11.6 Å². The monoisotopic (exact) mass is 527 g/mol. The van der Waals surface area contributed by atoms with Crippen LogP contribution < -0.4 is 5.32 Å². The summed E-state index contributed by atoms with van der Waals surface area (Å²) >= 11 is 0. The van der Waals surface area contributed by atoms with Crippen molar-refractivity contribution < 1.29 is 23.9 Å². The molecule has 6 heteroatoms. The molecule has 2 bridgehead atoms. The molecule has 3 saturated heterocycles. The minimum atomic E-state index is -1.86. The molecule has 0 saturated carbocycles. The molecule has 0 aromatic heterocycles. The van der Waals surface area contributed by atoms with Gasteiger partial charge in [0.25, 0.3) is 5.91 Å². The van der Waals surface area contributed by atoms with Gasteiger partial charge in [0, 0.05) is 37.3 Å². The summed E-state index contributed by atoms with van der Waals surface area (Å²) in [6, 6.07) is 24.0. The number of carbonyl (C=O) groups is 2. The summed E-state index contributed by atoms with van der Waals surface area (Å²) in [5.74, 6) is -0.335. The molecule has 3 fully saturated rings. The second-order valence-corrected chi connectivity index (χ2v) is 11.4. The Balaban J connectivity index is 1.23. The summed E-state index contributed by atoms with van der Waals surface area (Å²) in [6.45, 7) is 8.42. The Labute approximate surface area is 231 Å². The first-order valence-electron chi connectivity index (χ1n) is 14.1. The zero-order valence-electron chi connectivity index (χ0n) is 22.9. The average Bonchev–Trinajstić information content (AvgIpc) is 2.96. The van der Waals surface area contributed by atoms with Crippen molar-refractivity contribution in [1.82, 2.24) is 5.32 Å². The molecule has 6 rings (SSSR count). The number of benzene rings is 3. The highest BCUT2D eigenvalue weighted by molar-refractivity contribution is 5.94. The lowest BCUT2D eigenvalue weighted by atomic mass is 9.82. The van der Waals surface area contributed by atoms with E-state index in [0.29, 0.717) is 29.2 Å². The lowest BCUT2D eigenvalue weighted by Crippen LogP contribution is -2.65. The molecule has 204 valence electrons. The molecular formula is C33H39N2O4+. The summed E-state index contributed by atoms with van der Waals surface area (Å²) in [6.07, 6.45) is 2.63. The minimum Gasteiger partial charge on any atom is -0.453 e. The van der Waals surface area contributed by atoms with Gasteiger partial charge in [-0.2, -0.15) is 0 Å². The summed E-state index contributed by atoms with van der Waals surface area (Å²) in [5, 5.41) is 14.9. The van der Waals surface area contributed by atoms with Crippen molar-refractivity contribution in [2.75, 3.05) is 32.7 Å². The van der Waals surface area contributed by atoms with Gasteiger partial charge in [-0.15, -0.1) is 0 Å². The van der Waals surface area contributed by atoms with Crippen LogP contribution in [0.25, 0.3) is 0 Å². The van der Waals surface area contributed by atoms with Crippen molar-refractivity contribution in [2.45, 2.75) is 44.8 Å². The zero-order chi connectivity index (χ0) is 27.5. The van der Waals surface area contributed by atoms with Crippen molar-refractivity contribution in [2.24, 2.45) is 5.92 Å². The second-order valence-electron chi connectivity index (χ2n) is 11.4. The molecular weight excluding hydrogens is 488 g/mol. The van der Waals surface area contributed by atoms with Gasteiger partial charge in [0.15, 0.2) is 6.10 Å². The van der Waals surface area contributed by atoms with Crippen molar-refractivity contribution in [3.05, 3.63) is 107 Å². The topological polar surface area (TPSA) is 75.6 Å². The van der Waals surface area contributed by atoms with Crippen LogP contribution in [-0.4, -0.2) is 60.3 Å². The molecule has 1 unspecified atom stereocenters. The van der Waals surface area contributed by atoms with E-state index in [2.05, 4.69) is 11.4 Å². The third-order valence-corrected chi connectivity index (χ3v) is 8.56. The number of ether oxygens (including phenoxy) is 1. The number of piperidine rings is 3. The standard InChI is InChI=1S/C33H38N2O4/c1-24-20-25(2)22-27(21-24)31(36)34-16-9-17-35-18-14-26(15-19-35)30(23-35)39-32(37)33(38,28-10-5-3-6-11-28)29-12-7-4-8-13-29/h3-8,10-13,20-22,26,30,38H,9,14-19,23H2,1-2H3/p+1. The van der Waals surface area contributed by atoms with Crippen molar-refractivity contribution in [1.29, 1.82) is 0 Å². The van der Waals surface area contributed by atoms with E-state index in [1.165, 1.54) is 0 Å². The summed E-state index contributed by atoms with van der Waals surface area (Å²) in [7, 11) is 0. The smallest absolute Gasteiger partial charge is 0.348 e. The average molecular weight is 528 g/mol. The van der Waals surface area contributed by atoms with Crippen LogP contribution in [0.3, 0.4) is 0 Å². The number of nitrogens with one attached hydrogen (secondary N) is 1. The third kappa shape index (κ3) is 5.77. The fourth-order valence-electron chi connectivity index (χ4n) is 6.48. The van der Waals surface area contributed by atoms with Crippen LogP contribution in [0.4, 0.5) is 0 Å². The van der Waals surface area contributed by atoms with Gasteiger partial charge in [-0.05, 0) is 37.1 Å². The van der Waals surface area contributed by atoms with Crippen LogP contribution >= 0.6 is 0 Å². The first-order valence-corrected chi connectivity index (χ1v) is 14.1. The molecule has 0 aliphatic carbocycles. The Hall–Kier alpha value is -3.48. The maximum atomic E-state index is 13.7. The van der Waals surface area contributed by atoms with Crippen molar-refractivity contribution in [3.8, 4) is 0 Å². The molecule has 3 aromatic rings. The van der Waals surface area contributed by atoms with E-state index in [0.717, 1.165) is 61.1 Å². The Morgan fingerprint density at radius 2 is 1.49 bits per heavy atom. The van der Waals surface area contributed by atoms with Crippen LogP contribution in [0.5, 0.6) is 0 Å². The van der Waals surface area contributed by atoms with E-state index in [1.807, 2.05) is 62.4 Å². The Bertz CT molecular complexity index is 1240. The van der Waals surface area contributed by atoms with Crippen molar-refractivity contribution >= 4 is 11.9 Å². The SMILES string of the molecule is Cc1cc(C)cc(C(=O)NCCC[N+]23CCC(CC2)C(OC(=O)C(O)(c2ccccc2)c2ccccc2)C3)c1.